The molecule has 1 aliphatic heterocycles. The van der Waals surface area contributed by atoms with Crippen LogP contribution in [0.3, 0.4) is 0 Å². The summed E-state index contributed by atoms with van der Waals surface area (Å²) in [7, 11) is 0. The Kier molecular flexibility index (Phi) is 5.01. The van der Waals surface area contributed by atoms with Gasteiger partial charge in [-0.2, -0.15) is 0 Å². The lowest BCUT2D eigenvalue weighted by atomic mass is 9.85. The van der Waals surface area contributed by atoms with Crippen molar-refractivity contribution in [1.29, 1.82) is 0 Å². The van der Waals surface area contributed by atoms with Gasteiger partial charge in [0.15, 0.2) is 0 Å². The van der Waals surface area contributed by atoms with E-state index in [2.05, 4.69) is 0 Å². The van der Waals surface area contributed by atoms with Gasteiger partial charge in [-0.05, 0) is 48.7 Å². The summed E-state index contributed by atoms with van der Waals surface area (Å²) in [6, 6.07) is 13.5. The predicted molar refractivity (Wildman–Crippen MR) is 105 cm³/mol. The van der Waals surface area contributed by atoms with Gasteiger partial charge in [-0.1, -0.05) is 42.0 Å². The smallest absolute Gasteiger partial charge is 0.338 e. The number of carbonyl (C=O) groups is 3. The van der Waals surface area contributed by atoms with Crippen LogP contribution in [-0.4, -0.2) is 17.8 Å². The molecule has 0 bridgehead atoms. The van der Waals surface area contributed by atoms with Gasteiger partial charge >= 0.3 is 5.97 Å². The first-order valence-corrected chi connectivity index (χ1v) is 9.47. The fourth-order valence-corrected chi connectivity index (χ4v) is 3.77. The van der Waals surface area contributed by atoms with Crippen molar-refractivity contribution in [3.8, 4) is 0 Å². The quantitative estimate of drug-likeness (QED) is 0.443. The van der Waals surface area contributed by atoms with E-state index in [1.165, 1.54) is 11.0 Å². The third kappa shape index (κ3) is 3.45. The van der Waals surface area contributed by atoms with Gasteiger partial charge in [0.2, 0.25) is 11.8 Å². The van der Waals surface area contributed by atoms with Crippen molar-refractivity contribution in [3.05, 3.63) is 76.8 Å². The van der Waals surface area contributed by atoms with Crippen LogP contribution in [0.1, 0.15) is 28.8 Å². The van der Waals surface area contributed by atoms with Gasteiger partial charge < -0.3 is 4.74 Å². The van der Waals surface area contributed by atoms with Crippen LogP contribution in [0, 0.1) is 11.8 Å². The van der Waals surface area contributed by atoms with E-state index in [1.807, 2.05) is 12.2 Å². The van der Waals surface area contributed by atoms with Crippen LogP contribution in [0.2, 0.25) is 5.02 Å². The highest BCUT2D eigenvalue weighted by molar-refractivity contribution is 6.30. The van der Waals surface area contributed by atoms with Gasteiger partial charge in [0.25, 0.3) is 0 Å². The first-order valence-electron chi connectivity index (χ1n) is 9.09. The van der Waals surface area contributed by atoms with E-state index in [4.69, 9.17) is 16.3 Å². The number of esters is 1. The number of anilines is 1. The lowest BCUT2D eigenvalue weighted by Crippen LogP contribution is -2.31. The molecule has 2 amide bonds. The molecule has 0 spiro atoms. The summed E-state index contributed by atoms with van der Waals surface area (Å²) in [5.41, 5.74) is 1.51. The topological polar surface area (TPSA) is 63.7 Å². The van der Waals surface area contributed by atoms with E-state index in [1.54, 1.807) is 42.5 Å². The van der Waals surface area contributed by atoms with E-state index < -0.39 is 5.97 Å². The van der Waals surface area contributed by atoms with Crippen LogP contribution in [0.25, 0.3) is 0 Å². The second-order valence-corrected chi connectivity index (χ2v) is 7.36. The average molecular weight is 396 g/mol. The van der Waals surface area contributed by atoms with Crippen LogP contribution in [0.4, 0.5) is 5.69 Å². The molecule has 1 saturated heterocycles. The van der Waals surface area contributed by atoms with Gasteiger partial charge in [0.05, 0.1) is 23.1 Å². The standard InChI is InChI=1S/C22H18ClNO4/c23-16-10-8-14(9-11-16)13-28-22(27)15-4-3-5-17(12-15)24-20(25)18-6-1-2-7-19(18)21(24)26/h1-5,8-12,18-19H,6-7,13H2/t18-,19+. The number of amides is 2. The Bertz CT molecular complexity index is 941. The van der Waals surface area contributed by atoms with Crippen LogP contribution >= 0.6 is 11.6 Å². The molecule has 142 valence electrons. The largest absolute Gasteiger partial charge is 0.457 e. The summed E-state index contributed by atoms with van der Waals surface area (Å²) >= 11 is 5.85. The number of imide groups is 1. The molecule has 2 aromatic carbocycles. The molecule has 6 heteroatoms. The molecule has 0 unspecified atom stereocenters. The highest BCUT2D eigenvalue weighted by Gasteiger charge is 2.47. The van der Waals surface area contributed by atoms with Crippen molar-refractivity contribution in [2.45, 2.75) is 19.4 Å². The van der Waals surface area contributed by atoms with Gasteiger partial charge in [-0.3, -0.25) is 14.5 Å². The third-order valence-electron chi connectivity index (χ3n) is 5.13. The Labute approximate surface area is 167 Å². The number of rotatable bonds is 4. The molecule has 2 aliphatic rings. The maximum atomic E-state index is 12.7. The summed E-state index contributed by atoms with van der Waals surface area (Å²) in [5.74, 6) is -1.54. The monoisotopic (exact) mass is 395 g/mol. The number of nitrogens with zero attached hydrogens (tertiary/aromatic N) is 1. The molecule has 4 rings (SSSR count). The zero-order valence-corrected chi connectivity index (χ0v) is 15.8. The van der Waals surface area contributed by atoms with Crippen molar-refractivity contribution in [1.82, 2.24) is 0 Å². The molecule has 0 N–H and O–H groups in total. The fourth-order valence-electron chi connectivity index (χ4n) is 3.64. The summed E-state index contributed by atoms with van der Waals surface area (Å²) in [5, 5.41) is 0.610. The van der Waals surface area contributed by atoms with Crippen LogP contribution in [0.5, 0.6) is 0 Å². The first kappa shape index (κ1) is 18.4. The molecule has 0 radical (unpaired) electrons. The molecule has 0 saturated carbocycles. The molecule has 1 heterocycles. The van der Waals surface area contributed by atoms with Gasteiger partial charge in [0, 0.05) is 5.02 Å². The Morgan fingerprint density at radius 2 is 1.64 bits per heavy atom. The molecule has 2 atom stereocenters. The minimum atomic E-state index is -0.519. The lowest BCUT2D eigenvalue weighted by molar-refractivity contribution is -0.122. The molecule has 28 heavy (non-hydrogen) atoms. The number of carbonyl (C=O) groups excluding carboxylic acids is 3. The van der Waals surface area contributed by atoms with Gasteiger partial charge in [-0.25, -0.2) is 4.79 Å². The number of fused-ring (bicyclic) bond motifs is 1. The van der Waals surface area contributed by atoms with Crippen LogP contribution in [0.15, 0.2) is 60.7 Å². The SMILES string of the molecule is O=C(OCc1ccc(Cl)cc1)c1cccc(N2C(=O)[C@H]3CC=CC[C@H]3C2=O)c1. The van der Waals surface area contributed by atoms with Crippen LogP contribution < -0.4 is 4.90 Å². The first-order chi connectivity index (χ1) is 13.5. The summed E-state index contributed by atoms with van der Waals surface area (Å²) in [4.78, 5) is 39.1. The number of halogens is 1. The van der Waals surface area contributed by atoms with Crippen molar-refractivity contribution in [2.75, 3.05) is 4.90 Å². The normalized spacial score (nSPS) is 21.0. The predicted octanol–water partition coefficient (Wildman–Crippen LogP) is 4.15. The minimum absolute atomic E-state index is 0.109. The third-order valence-corrected chi connectivity index (χ3v) is 5.38. The summed E-state index contributed by atoms with van der Waals surface area (Å²) in [6.07, 6.45) is 5.05. The zero-order valence-electron chi connectivity index (χ0n) is 15.0. The Hall–Kier alpha value is -2.92. The van der Waals surface area contributed by atoms with Crippen molar-refractivity contribution < 1.29 is 19.1 Å². The summed E-state index contributed by atoms with van der Waals surface area (Å²) in [6.45, 7) is 0.109. The van der Waals surface area contributed by atoms with Gasteiger partial charge in [0.1, 0.15) is 6.61 Å². The molecule has 5 nitrogen and oxygen atoms in total. The number of hydrogen-bond donors (Lipinski definition) is 0. The Morgan fingerprint density at radius 3 is 2.29 bits per heavy atom. The van der Waals surface area contributed by atoms with Gasteiger partial charge in [-0.15, -0.1) is 0 Å². The maximum Gasteiger partial charge on any atom is 0.338 e. The molecule has 0 aromatic heterocycles. The fraction of sp³-hybridized carbons (Fsp3) is 0.227. The van der Waals surface area contributed by atoms with E-state index in [9.17, 15) is 14.4 Å². The average Bonchev–Trinajstić information content (AvgIpc) is 2.98. The molecular weight excluding hydrogens is 378 g/mol. The molecule has 2 aromatic rings. The van der Waals surface area contributed by atoms with E-state index >= 15 is 0 Å². The number of ether oxygens (including phenoxy) is 1. The van der Waals surface area contributed by atoms with Crippen molar-refractivity contribution in [2.24, 2.45) is 11.8 Å². The molecule has 1 fully saturated rings. The Morgan fingerprint density at radius 1 is 1.00 bits per heavy atom. The molecule has 1 aliphatic carbocycles. The van der Waals surface area contributed by atoms with Crippen molar-refractivity contribution in [3.63, 3.8) is 0 Å². The Balaban J connectivity index is 1.50. The zero-order chi connectivity index (χ0) is 19.7. The van der Waals surface area contributed by atoms with E-state index in [-0.39, 0.29) is 30.3 Å². The minimum Gasteiger partial charge on any atom is -0.457 e. The maximum absolute atomic E-state index is 12.7. The highest BCUT2D eigenvalue weighted by Crippen LogP contribution is 2.37. The second kappa shape index (κ2) is 7.60. The number of hydrogen-bond acceptors (Lipinski definition) is 4. The highest BCUT2D eigenvalue weighted by atomic mass is 35.5. The number of allylic oxidation sites excluding steroid dienone is 2. The lowest BCUT2D eigenvalue weighted by Gasteiger charge is -2.15. The summed E-state index contributed by atoms with van der Waals surface area (Å²) < 4.78 is 5.34. The van der Waals surface area contributed by atoms with E-state index in [0.717, 1.165) is 5.56 Å². The van der Waals surface area contributed by atoms with Crippen LogP contribution in [-0.2, 0) is 20.9 Å². The van der Waals surface area contributed by atoms with E-state index in [0.29, 0.717) is 29.1 Å². The second-order valence-electron chi connectivity index (χ2n) is 6.92. The molecular formula is C22H18ClNO4. The number of benzene rings is 2. The van der Waals surface area contributed by atoms with Crippen molar-refractivity contribution >= 4 is 35.1 Å².